The minimum Gasteiger partial charge on any atom is -0.406 e. The third-order valence-corrected chi connectivity index (χ3v) is 5.42. The average molecular weight is 438 g/mol. The maximum atomic E-state index is 12.6. The predicted molar refractivity (Wildman–Crippen MR) is 108 cm³/mol. The number of nitrogens with zero attached hydrogens (tertiary/aromatic N) is 3. The summed E-state index contributed by atoms with van der Waals surface area (Å²) >= 11 is 0. The minimum atomic E-state index is -4.70. The van der Waals surface area contributed by atoms with Crippen LogP contribution in [-0.4, -0.2) is 53.1 Å². The van der Waals surface area contributed by atoms with Gasteiger partial charge >= 0.3 is 6.36 Å². The van der Waals surface area contributed by atoms with Crippen molar-refractivity contribution in [1.29, 1.82) is 0 Å². The smallest absolute Gasteiger partial charge is 0.406 e. The van der Waals surface area contributed by atoms with E-state index in [1.165, 1.54) is 12.1 Å². The number of ether oxygens (including phenoxy) is 2. The zero-order valence-electron chi connectivity index (χ0n) is 17.4. The lowest BCUT2D eigenvalue weighted by atomic mass is 10.1. The van der Waals surface area contributed by atoms with E-state index in [0.29, 0.717) is 50.7 Å². The lowest BCUT2D eigenvalue weighted by molar-refractivity contribution is -0.274. The molecule has 0 spiro atoms. The molecule has 2 aromatic rings. The average Bonchev–Trinajstić information content (AvgIpc) is 2.67. The zero-order valence-corrected chi connectivity index (χ0v) is 17.4. The summed E-state index contributed by atoms with van der Waals surface area (Å²) in [5.74, 6) is 0.313. The van der Waals surface area contributed by atoms with Crippen molar-refractivity contribution in [2.45, 2.75) is 51.9 Å². The molecular weight excluding hydrogens is 413 g/mol. The number of morpholine rings is 1. The van der Waals surface area contributed by atoms with E-state index in [9.17, 15) is 18.0 Å². The first-order valence-electron chi connectivity index (χ1n) is 10.3. The highest BCUT2D eigenvalue weighted by molar-refractivity contribution is 5.35. The molecule has 1 N–H and O–H groups in total. The second-order valence-electron chi connectivity index (χ2n) is 8.13. The number of fused-ring (bicyclic) bond motifs is 1. The molecule has 2 atom stereocenters. The van der Waals surface area contributed by atoms with Crippen molar-refractivity contribution in [3.63, 3.8) is 0 Å². The number of rotatable bonds is 4. The van der Waals surface area contributed by atoms with Crippen LogP contribution in [0, 0.1) is 0 Å². The van der Waals surface area contributed by atoms with Crippen LogP contribution in [0.1, 0.15) is 30.7 Å². The molecule has 0 radical (unpaired) electrons. The first-order chi connectivity index (χ1) is 14.7. The molecule has 0 saturated carbocycles. The maximum Gasteiger partial charge on any atom is 0.573 e. The molecule has 31 heavy (non-hydrogen) atoms. The van der Waals surface area contributed by atoms with Gasteiger partial charge in [-0.05, 0) is 38.0 Å². The summed E-state index contributed by atoms with van der Waals surface area (Å²) in [4.78, 5) is 24.5. The summed E-state index contributed by atoms with van der Waals surface area (Å²) in [6.45, 7) is 7.01. The molecule has 0 bridgehead atoms. The Kier molecular flexibility index (Phi) is 5.94. The van der Waals surface area contributed by atoms with E-state index in [1.54, 1.807) is 12.1 Å². The fourth-order valence-corrected chi connectivity index (χ4v) is 4.17. The highest BCUT2D eigenvalue weighted by atomic mass is 19.4. The van der Waals surface area contributed by atoms with Crippen molar-refractivity contribution >= 4 is 5.95 Å². The highest BCUT2D eigenvalue weighted by Crippen LogP contribution is 2.24. The predicted octanol–water partition coefficient (Wildman–Crippen LogP) is 2.84. The number of nitrogens with one attached hydrogen (secondary N) is 1. The molecule has 10 heteroatoms. The summed E-state index contributed by atoms with van der Waals surface area (Å²) < 4.78 is 46.6. The largest absolute Gasteiger partial charge is 0.573 e. The summed E-state index contributed by atoms with van der Waals surface area (Å²) in [5.41, 5.74) is 2.19. The van der Waals surface area contributed by atoms with Crippen LogP contribution in [0.15, 0.2) is 29.1 Å². The van der Waals surface area contributed by atoms with E-state index >= 15 is 0 Å². The molecule has 168 valence electrons. The van der Waals surface area contributed by atoms with Gasteiger partial charge < -0.3 is 14.4 Å². The fraction of sp³-hybridized carbons (Fsp3) is 0.524. The Bertz CT molecular complexity index is 967. The van der Waals surface area contributed by atoms with Gasteiger partial charge in [0.25, 0.3) is 5.56 Å². The van der Waals surface area contributed by atoms with Gasteiger partial charge in [0.1, 0.15) is 5.75 Å². The molecular formula is C21H25F3N4O3. The number of alkyl halides is 3. The molecule has 1 fully saturated rings. The number of anilines is 1. The monoisotopic (exact) mass is 438 g/mol. The molecule has 2 aliphatic rings. The van der Waals surface area contributed by atoms with Crippen LogP contribution in [0.2, 0.25) is 0 Å². The molecule has 2 aliphatic heterocycles. The Morgan fingerprint density at radius 2 is 1.87 bits per heavy atom. The van der Waals surface area contributed by atoms with E-state index in [1.807, 2.05) is 18.7 Å². The van der Waals surface area contributed by atoms with Crippen molar-refractivity contribution in [2.75, 3.05) is 24.5 Å². The van der Waals surface area contributed by atoms with E-state index in [0.717, 1.165) is 11.3 Å². The third kappa shape index (κ3) is 5.37. The van der Waals surface area contributed by atoms with Crippen molar-refractivity contribution in [2.24, 2.45) is 0 Å². The Labute approximate surface area is 177 Å². The summed E-state index contributed by atoms with van der Waals surface area (Å²) in [7, 11) is 0. The first kappa shape index (κ1) is 21.6. The second-order valence-corrected chi connectivity index (χ2v) is 8.13. The normalized spacial score (nSPS) is 22.3. The van der Waals surface area contributed by atoms with E-state index in [2.05, 4.69) is 14.6 Å². The Morgan fingerprint density at radius 3 is 2.52 bits per heavy atom. The molecule has 0 unspecified atom stereocenters. The number of aromatic amines is 1. The van der Waals surface area contributed by atoms with Crippen molar-refractivity contribution < 1.29 is 22.6 Å². The number of aromatic nitrogens is 2. The molecule has 4 rings (SSSR count). The van der Waals surface area contributed by atoms with Crippen LogP contribution in [0.5, 0.6) is 5.75 Å². The van der Waals surface area contributed by atoms with Crippen LogP contribution in [0.4, 0.5) is 19.1 Å². The van der Waals surface area contributed by atoms with Crippen LogP contribution >= 0.6 is 0 Å². The fourth-order valence-electron chi connectivity index (χ4n) is 4.17. The first-order valence-corrected chi connectivity index (χ1v) is 10.3. The highest BCUT2D eigenvalue weighted by Gasteiger charge is 2.31. The SMILES string of the molecule is C[C@@H]1CN(c2nc3c(c(=O)[nH]2)CCN(Cc2ccc(OC(F)(F)F)cc2)C3)C[C@H](C)O1. The lowest BCUT2D eigenvalue weighted by Gasteiger charge is -2.36. The van der Waals surface area contributed by atoms with E-state index in [4.69, 9.17) is 9.72 Å². The summed E-state index contributed by atoms with van der Waals surface area (Å²) in [6, 6.07) is 5.85. The van der Waals surface area contributed by atoms with Crippen LogP contribution in [0.3, 0.4) is 0 Å². The van der Waals surface area contributed by atoms with E-state index < -0.39 is 6.36 Å². The zero-order chi connectivity index (χ0) is 22.2. The van der Waals surface area contributed by atoms with Gasteiger partial charge in [-0.15, -0.1) is 13.2 Å². The number of hydrogen-bond acceptors (Lipinski definition) is 6. The number of hydrogen-bond donors (Lipinski definition) is 1. The van der Waals surface area contributed by atoms with Gasteiger partial charge in [0.05, 0.1) is 17.9 Å². The molecule has 3 heterocycles. The number of benzene rings is 1. The maximum absolute atomic E-state index is 12.6. The third-order valence-electron chi connectivity index (χ3n) is 5.42. The van der Waals surface area contributed by atoms with Gasteiger partial charge in [0, 0.05) is 38.3 Å². The van der Waals surface area contributed by atoms with Gasteiger partial charge in [-0.1, -0.05) is 12.1 Å². The van der Waals surface area contributed by atoms with Crippen LogP contribution < -0.4 is 15.2 Å². The van der Waals surface area contributed by atoms with Gasteiger partial charge in [0.2, 0.25) is 5.95 Å². The Balaban J connectivity index is 1.46. The Morgan fingerprint density at radius 1 is 1.19 bits per heavy atom. The summed E-state index contributed by atoms with van der Waals surface area (Å²) in [6.07, 6.45) is -4.04. The second kappa shape index (κ2) is 8.51. The standard InChI is InChI=1S/C21H25F3N4O3/c1-13-9-28(10-14(2)30-13)20-25-18-12-27(8-7-17(18)19(29)26-20)11-15-3-5-16(6-4-15)31-21(22,23)24/h3-6,13-14H,7-12H2,1-2H3,(H,25,26,29)/t13-,14+. The van der Waals surface area contributed by atoms with Gasteiger partial charge in [-0.25, -0.2) is 4.98 Å². The molecule has 7 nitrogen and oxygen atoms in total. The van der Waals surface area contributed by atoms with Gasteiger partial charge in [-0.3, -0.25) is 14.7 Å². The molecule has 1 aromatic carbocycles. The quantitative estimate of drug-likeness (QED) is 0.792. The Hall–Kier alpha value is -2.59. The van der Waals surface area contributed by atoms with Crippen molar-refractivity contribution in [1.82, 2.24) is 14.9 Å². The minimum absolute atomic E-state index is 0.0471. The van der Waals surface area contributed by atoms with Gasteiger partial charge in [0.15, 0.2) is 0 Å². The molecule has 1 saturated heterocycles. The van der Waals surface area contributed by atoms with Crippen molar-refractivity contribution in [3.8, 4) is 5.75 Å². The number of H-pyrrole nitrogens is 1. The van der Waals surface area contributed by atoms with Crippen molar-refractivity contribution in [3.05, 3.63) is 51.4 Å². The van der Waals surface area contributed by atoms with Crippen LogP contribution in [0.25, 0.3) is 0 Å². The number of halogens is 3. The molecule has 0 amide bonds. The van der Waals surface area contributed by atoms with E-state index in [-0.39, 0.29) is 23.5 Å². The molecule has 0 aliphatic carbocycles. The summed E-state index contributed by atoms with van der Waals surface area (Å²) in [5, 5.41) is 0. The topological polar surface area (TPSA) is 70.7 Å². The lowest BCUT2D eigenvalue weighted by Crippen LogP contribution is -2.47. The van der Waals surface area contributed by atoms with Gasteiger partial charge in [-0.2, -0.15) is 0 Å². The molecule has 1 aromatic heterocycles. The van der Waals surface area contributed by atoms with Crippen LogP contribution in [-0.2, 0) is 24.2 Å².